The van der Waals surface area contributed by atoms with E-state index < -0.39 is 0 Å². The molecule has 4 rings (SSSR count). The Morgan fingerprint density at radius 2 is 2.11 bits per heavy atom. The molecule has 2 fully saturated rings. The molecule has 0 bridgehead atoms. The van der Waals surface area contributed by atoms with Gasteiger partial charge in [0.1, 0.15) is 12.1 Å². The normalized spacial score (nSPS) is 26.6. The quantitative estimate of drug-likeness (QED) is 0.897. The van der Waals surface area contributed by atoms with Gasteiger partial charge in [0.15, 0.2) is 0 Å². The summed E-state index contributed by atoms with van der Waals surface area (Å²) in [6.07, 6.45) is 6.98. The van der Waals surface area contributed by atoms with Crippen LogP contribution in [-0.2, 0) is 4.74 Å². The molecule has 1 aliphatic heterocycles. The molecule has 1 unspecified atom stereocenters. The second kappa shape index (κ2) is 8.20. The number of ether oxygens (including phenoxy) is 1. The second-order valence-electron chi connectivity index (χ2n) is 7.80. The zero-order chi connectivity index (χ0) is 18.6. The summed E-state index contributed by atoms with van der Waals surface area (Å²) in [6, 6.07) is 8.46. The van der Waals surface area contributed by atoms with E-state index in [1.54, 1.807) is 12.4 Å². The maximum absolute atomic E-state index is 9.15. The van der Waals surface area contributed by atoms with Crippen LogP contribution in [0.25, 0.3) is 10.9 Å². The number of fused-ring (bicyclic) bond motifs is 1. The fourth-order valence-electron chi connectivity index (χ4n) is 4.40. The first-order valence-corrected chi connectivity index (χ1v) is 9.97. The molecule has 1 atom stereocenters. The molecule has 0 radical (unpaired) electrons. The lowest BCUT2D eigenvalue weighted by Gasteiger charge is -2.40. The summed E-state index contributed by atoms with van der Waals surface area (Å²) in [5.74, 6) is 1.50. The second-order valence-corrected chi connectivity index (χ2v) is 7.80. The number of anilines is 1. The van der Waals surface area contributed by atoms with Gasteiger partial charge in [0.05, 0.1) is 29.9 Å². The monoisotopic (exact) mass is 365 g/mol. The fraction of sp³-hybridized carbons (Fsp3) is 0.571. The highest BCUT2D eigenvalue weighted by molar-refractivity contribution is 5.89. The van der Waals surface area contributed by atoms with Crippen molar-refractivity contribution in [2.24, 2.45) is 5.92 Å². The van der Waals surface area contributed by atoms with E-state index in [1.807, 2.05) is 12.1 Å². The minimum absolute atomic E-state index is 0.363. The van der Waals surface area contributed by atoms with Crippen LogP contribution in [0, 0.1) is 17.2 Å². The molecule has 0 amide bonds. The molecular weight excluding hydrogens is 338 g/mol. The van der Waals surface area contributed by atoms with Crippen LogP contribution in [0.4, 0.5) is 5.82 Å². The molecule has 1 aromatic carbocycles. The third-order valence-corrected chi connectivity index (χ3v) is 5.93. The SMILES string of the molecule is CC1CN(C2CCC(CNc3ncnc4ccc(C#N)cc34)CC2)CCO1. The van der Waals surface area contributed by atoms with Crippen LogP contribution in [-0.4, -0.2) is 53.3 Å². The first kappa shape index (κ1) is 18.1. The topological polar surface area (TPSA) is 74.1 Å². The van der Waals surface area contributed by atoms with E-state index in [2.05, 4.69) is 33.2 Å². The summed E-state index contributed by atoms with van der Waals surface area (Å²) in [6.45, 7) is 6.11. The van der Waals surface area contributed by atoms with Crippen LogP contribution < -0.4 is 5.32 Å². The highest BCUT2D eigenvalue weighted by atomic mass is 16.5. The van der Waals surface area contributed by atoms with Gasteiger partial charge in [0.25, 0.3) is 0 Å². The third kappa shape index (κ3) is 4.20. The van der Waals surface area contributed by atoms with Gasteiger partial charge in [-0.3, -0.25) is 4.90 Å². The van der Waals surface area contributed by atoms with Crippen molar-refractivity contribution in [2.75, 3.05) is 31.6 Å². The number of morpholine rings is 1. The maximum atomic E-state index is 9.15. The summed E-state index contributed by atoms with van der Waals surface area (Å²) in [4.78, 5) is 11.3. The summed E-state index contributed by atoms with van der Waals surface area (Å²) in [7, 11) is 0. The molecule has 1 aliphatic carbocycles. The van der Waals surface area contributed by atoms with Crippen molar-refractivity contribution >= 4 is 16.7 Å². The number of nitrogens with one attached hydrogen (secondary N) is 1. The molecule has 2 aliphatic rings. The highest BCUT2D eigenvalue weighted by Gasteiger charge is 2.28. The first-order chi connectivity index (χ1) is 13.2. The Kier molecular flexibility index (Phi) is 5.51. The highest BCUT2D eigenvalue weighted by Crippen LogP contribution is 2.29. The third-order valence-electron chi connectivity index (χ3n) is 5.93. The van der Waals surface area contributed by atoms with Crippen molar-refractivity contribution in [3.8, 4) is 6.07 Å². The number of hydrogen-bond acceptors (Lipinski definition) is 6. The first-order valence-electron chi connectivity index (χ1n) is 9.97. The van der Waals surface area contributed by atoms with Gasteiger partial charge in [0.2, 0.25) is 0 Å². The van der Waals surface area contributed by atoms with Crippen molar-refractivity contribution in [1.29, 1.82) is 5.26 Å². The minimum Gasteiger partial charge on any atom is -0.376 e. The van der Waals surface area contributed by atoms with Crippen LogP contribution in [0.1, 0.15) is 38.2 Å². The molecule has 1 saturated heterocycles. The Hall–Kier alpha value is -2.23. The summed E-state index contributed by atoms with van der Waals surface area (Å²) in [5, 5.41) is 13.6. The molecule has 6 nitrogen and oxygen atoms in total. The lowest BCUT2D eigenvalue weighted by Crippen LogP contribution is -2.48. The molecule has 6 heteroatoms. The number of benzene rings is 1. The zero-order valence-corrected chi connectivity index (χ0v) is 15.9. The molecule has 2 heterocycles. The number of nitrogens with zero attached hydrogens (tertiary/aromatic N) is 4. The van der Waals surface area contributed by atoms with Crippen LogP contribution in [0.15, 0.2) is 24.5 Å². The van der Waals surface area contributed by atoms with Crippen molar-refractivity contribution in [2.45, 2.75) is 44.8 Å². The molecular formula is C21H27N5O. The molecule has 1 N–H and O–H groups in total. The Morgan fingerprint density at radius 1 is 1.26 bits per heavy atom. The van der Waals surface area contributed by atoms with Gasteiger partial charge in [-0.1, -0.05) is 0 Å². The average Bonchev–Trinajstić information content (AvgIpc) is 2.72. The fourth-order valence-corrected chi connectivity index (χ4v) is 4.40. The van der Waals surface area contributed by atoms with Gasteiger partial charge in [-0.05, 0) is 56.7 Å². The zero-order valence-electron chi connectivity index (χ0n) is 15.9. The van der Waals surface area contributed by atoms with Crippen molar-refractivity contribution in [1.82, 2.24) is 14.9 Å². The smallest absolute Gasteiger partial charge is 0.137 e. The van der Waals surface area contributed by atoms with Gasteiger partial charge in [-0.2, -0.15) is 5.26 Å². The van der Waals surface area contributed by atoms with Gasteiger partial charge >= 0.3 is 0 Å². The summed E-state index contributed by atoms with van der Waals surface area (Å²) < 4.78 is 5.68. The lowest BCUT2D eigenvalue weighted by atomic mass is 9.85. The standard InChI is InChI=1S/C21H27N5O/c1-15-13-26(8-9-27-15)18-5-2-16(3-6-18)12-23-21-19-10-17(11-22)4-7-20(19)24-14-25-21/h4,7,10,14-16,18H,2-3,5-6,8-9,12-13H2,1H3,(H,23,24,25). The molecule has 2 aromatic rings. The van der Waals surface area contributed by atoms with E-state index in [0.29, 0.717) is 23.6 Å². The summed E-state index contributed by atoms with van der Waals surface area (Å²) in [5.41, 5.74) is 1.51. The van der Waals surface area contributed by atoms with Crippen LogP contribution in [0.5, 0.6) is 0 Å². The minimum atomic E-state index is 0.363. The van der Waals surface area contributed by atoms with E-state index in [-0.39, 0.29) is 0 Å². The van der Waals surface area contributed by atoms with E-state index in [1.165, 1.54) is 25.7 Å². The molecule has 142 valence electrons. The molecule has 1 aromatic heterocycles. The molecule has 0 spiro atoms. The number of hydrogen-bond donors (Lipinski definition) is 1. The predicted molar refractivity (Wildman–Crippen MR) is 105 cm³/mol. The van der Waals surface area contributed by atoms with E-state index in [9.17, 15) is 0 Å². The largest absolute Gasteiger partial charge is 0.376 e. The average molecular weight is 365 g/mol. The maximum Gasteiger partial charge on any atom is 0.137 e. The van der Waals surface area contributed by atoms with Crippen molar-refractivity contribution in [3.05, 3.63) is 30.1 Å². The van der Waals surface area contributed by atoms with E-state index >= 15 is 0 Å². The van der Waals surface area contributed by atoms with Gasteiger partial charge in [-0.25, -0.2) is 9.97 Å². The number of aromatic nitrogens is 2. The van der Waals surface area contributed by atoms with Crippen molar-refractivity contribution in [3.63, 3.8) is 0 Å². The Morgan fingerprint density at radius 3 is 2.89 bits per heavy atom. The van der Waals surface area contributed by atoms with Gasteiger partial charge < -0.3 is 10.1 Å². The van der Waals surface area contributed by atoms with E-state index in [4.69, 9.17) is 10.00 Å². The Bertz CT molecular complexity index is 825. The molecule has 27 heavy (non-hydrogen) atoms. The predicted octanol–water partition coefficient (Wildman–Crippen LogP) is 3.19. The lowest BCUT2D eigenvalue weighted by molar-refractivity contribution is -0.0411. The Labute approximate surface area is 160 Å². The van der Waals surface area contributed by atoms with Gasteiger partial charge in [-0.15, -0.1) is 0 Å². The van der Waals surface area contributed by atoms with Crippen LogP contribution >= 0.6 is 0 Å². The van der Waals surface area contributed by atoms with Crippen LogP contribution in [0.3, 0.4) is 0 Å². The van der Waals surface area contributed by atoms with Crippen LogP contribution in [0.2, 0.25) is 0 Å². The van der Waals surface area contributed by atoms with E-state index in [0.717, 1.165) is 43.0 Å². The van der Waals surface area contributed by atoms with Gasteiger partial charge in [0, 0.05) is 31.1 Å². The molecule has 1 saturated carbocycles. The van der Waals surface area contributed by atoms with Crippen molar-refractivity contribution < 1.29 is 4.74 Å². The number of rotatable bonds is 4. The summed E-state index contributed by atoms with van der Waals surface area (Å²) >= 11 is 0. The Balaban J connectivity index is 1.34. The number of nitriles is 1.